The monoisotopic (exact) mass is 168 g/mol. The maximum atomic E-state index is 2.43. The predicted molar refractivity (Wildman–Crippen MR) is 55.2 cm³/mol. The molecule has 0 aromatic heterocycles. The Morgan fingerprint density at radius 3 is 1.50 bits per heavy atom. The first kappa shape index (κ1) is 10.1. The van der Waals surface area contributed by atoms with E-state index in [0.717, 1.165) is 17.8 Å². The van der Waals surface area contributed by atoms with E-state index in [1.165, 1.54) is 38.5 Å². The quantitative estimate of drug-likeness (QED) is 0.507. The van der Waals surface area contributed by atoms with E-state index in [2.05, 4.69) is 20.8 Å². The van der Waals surface area contributed by atoms with Gasteiger partial charge in [-0.05, 0) is 17.8 Å². The first-order valence-electron chi connectivity index (χ1n) is 5.70. The highest BCUT2D eigenvalue weighted by molar-refractivity contribution is 4.67. The van der Waals surface area contributed by atoms with E-state index in [-0.39, 0.29) is 0 Å². The molecule has 0 N–H and O–H groups in total. The molecule has 2 atom stereocenters. The molecule has 0 amide bonds. The zero-order valence-corrected chi connectivity index (χ0v) is 8.97. The van der Waals surface area contributed by atoms with Crippen molar-refractivity contribution in [1.29, 1.82) is 0 Å². The van der Waals surface area contributed by atoms with E-state index in [1.807, 2.05) is 0 Å². The third-order valence-corrected chi connectivity index (χ3v) is 3.68. The van der Waals surface area contributed by atoms with Gasteiger partial charge in [-0.3, -0.25) is 0 Å². The van der Waals surface area contributed by atoms with Gasteiger partial charge < -0.3 is 0 Å². The molecule has 1 aliphatic carbocycles. The minimum atomic E-state index is 0.968. The van der Waals surface area contributed by atoms with Gasteiger partial charge in [-0.15, -0.1) is 0 Å². The molecule has 1 rings (SSSR count). The molecule has 12 heavy (non-hydrogen) atoms. The third-order valence-electron chi connectivity index (χ3n) is 3.68. The molecule has 0 saturated heterocycles. The van der Waals surface area contributed by atoms with Crippen LogP contribution < -0.4 is 0 Å². The summed E-state index contributed by atoms with van der Waals surface area (Å²) in [6.45, 7) is 7.28. The highest BCUT2D eigenvalue weighted by atomic mass is 14.2. The van der Waals surface area contributed by atoms with Gasteiger partial charge >= 0.3 is 0 Å². The van der Waals surface area contributed by atoms with E-state index in [0.29, 0.717) is 0 Å². The van der Waals surface area contributed by atoms with E-state index in [4.69, 9.17) is 0 Å². The topological polar surface area (TPSA) is 0 Å². The van der Waals surface area contributed by atoms with Gasteiger partial charge in [0.05, 0.1) is 0 Å². The van der Waals surface area contributed by atoms with Crippen molar-refractivity contribution >= 4 is 0 Å². The second-order valence-electron chi connectivity index (χ2n) is 4.92. The summed E-state index contributed by atoms with van der Waals surface area (Å²) >= 11 is 0. The molecular weight excluding hydrogens is 144 g/mol. The molecule has 0 heterocycles. The summed E-state index contributed by atoms with van der Waals surface area (Å²) in [6, 6.07) is 0. The molecule has 0 radical (unpaired) electrons. The standard InChI is InChI=1S/C12H24/c1-10-6-4-8-11(2)12(3)9-5-7-10/h10-12H,4-9H2,1-3H3. The van der Waals surface area contributed by atoms with E-state index < -0.39 is 0 Å². The SMILES string of the molecule is CC1CCCC(C)C(C)CCC1. The Morgan fingerprint density at radius 2 is 1.08 bits per heavy atom. The molecular formula is C12H24. The zero-order chi connectivity index (χ0) is 8.97. The molecule has 72 valence electrons. The number of hydrogen-bond donors (Lipinski definition) is 0. The first-order chi connectivity index (χ1) is 5.70. The van der Waals surface area contributed by atoms with Crippen LogP contribution in [0.3, 0.4) is 0 Å². The van der Waals surface area contributed by atoms with Gasteiger partial charge in [-0.1, -0.05) is 59.3 Å². The summed E-state index contributed by atoms with van der Waals surface area (Å²) in [5, 5.41) is 0. The second-order valence-corrected chi connectivity index (χ2v) is 4.92. The average Bonchev–Trinajstić information content (AvgIpc) is 2.08. The summed E-state index contributed by atoms with van der Waals surface area (Å²) in [5.74, 6) is 2.92. The lowest BCUT2D eigenvalue weighted by Gasteiger charge is -2.17. The van der Waals surface area contributed by atoms with Gasteiger partial charge in [0.1, 0.15) is 0 Å². The fourth-order valence-corrected chi connectivity index (χ4v) is 2.29. The van der Waals surface area contributed by atoms with Crippen LogP contribution in [0.4, 0.5) is 0 Å². The van der Waals surface area contributed by atoms with E-state index in [1.54, 1.807) is 0 Å². The first-order valence-corrected chi connectivity index (χ1v) is 5.70. The molecule has 1 aliphatic rings. The molecule has 0 aromatic carbocycles. The van der Waals surface area contributed by atoms with Crippen molar-refractivity contribution in [2.45, 2.75) is 59.3 Å². The minimum absolute atomic E-state index is 0.968. The molecule has 0 aromatic rings. The third kappa shape index (κ3) is 3.16. The lowest BCUT2D eigenvalue weighted by Crippen LogP contribution is -2.06. The van der Waals surface area contributed by atoms with E-state index in [9.17, 15) is 0 Å². The molecule has 0 bridgehead atoms. The van der Waals surface area contributed by atoms with Crippen molar-refractivity contribution in [3.8, 4) is 0 Å². The van der Waals surface area contributed by atoms with Gasteiger partial charge in [-0.2, -0.15) is 0 Å². The Morgan fingerprint density at radius 1 is 0.667 bits per heavy atom. The second kappa shape index (κ2) is 4.89. The Hall–Kier alpha value is 0. The highest BCUT2D eigenvalue weighted by Crippen LogP contribution is 2.28. The normalized spacial score (nSPS) is 39.8. The van der Waals surface area contributed by atoms with Gasteiger partial charge in [0.2, 0.25) is 0 Å². The van der Waals surface area contributed by atoms with Crippen molar-refractivity contribution in [3.63, 3.8) is 0 Å². The summed E-state index contributed by atoms with van der Waals surface area (Å²) < 4.78 is 0. The highest BCUT2D eigenvalue weighted by Gasteiger charge is 2.15. The Balaban J connectivity index is 2.36. The molecule has 0 aliphatic heterocycles. The molecule has 1 fully saturated rings. The molecule has 1 saturated carbocycles. The summed E-state index contributed by atoms with van der Waals surface area (Å²) in [6.07, 6.45) is 8.80. The van der Waals surface area contributed by atoms with Crippen molar-refractivity contribution < 1.29 is 0 Å². The van der Waals surface area contributed by atoms with Gasteiger partial charge in [0.25, 0.3) is 0 Å². The van der Waals surface area contributed by atoms with Crippen LogP contribution >= 0.6 is 0 Å². The van der Waals surface area contributed by atoms with Crippen LogP contribution in [0.15, 0.2) is 0 Å². The van der Waals surface area contributed by atoms with Crippen LogP contribution in [0, 0.1) is 17.8 Å². The average molecular weight is 168 g/mol. The smallest absolute Gasteiger partial charge is 0.0417 e. The van der Waals surface area contributed by atoms with Crippen LogP contribution in [-0.4, -0.2) is 0 Å². The lowest BCUT2D eigenvalue weighted by atomic mass is 9.89. The van der Waals surface area contributed by atoms with Gasteiger partial charge in [-0.25, -0.2) is 0 Å². The molecule has 0 nitrogen and oxygen atoms in total. The minimum Gasteiger partial charge on any atom is -0.0625 e. The fourth-order valence-electron chi connectivity index (χ4n) is 2.29. The molecule has 0 heteroatoms. The fraction of sp³-hybridized carbons (Fsp3) is 1.00. The van der Waals surface area contributed by atoms with Crippen LogP contribution in [0.5, 0.6) is 0 Å². The van der Waals surface area contributed by atoms with Crippen molar-refractivity contribution in [3.05, 3.63) is 0 Å². The number of rotatable bonds is 0. The summed E-state index contributed by atoms with van der Waals surface area (Å²) in [7, 11) is 0. The molecule has 0 spiro atoms. The molecule has 2 unspecified atom stereocenters. The Labute approximate surface area is 77.7 Å². The van der Waals surface area contributed by atoms with Crippen LogP contribution in [0.1, 0.15) is 59.3 Å². The Bertz CT molecular complexity index is 103. The van der Waals surface area contributed by atoms with Crippen molar-refractivity contribution in [2.75, 3.05) is 0 Å². The predicted octanol–water partition coefficient (Wildman–Crippen LogP) is 4.25. The number of hydrogen-bond acceptors (Lipinski definition) is 0. The maximum Gasteiger partial charge on any atom is -0.0417 e. The van der Waals surface area contributed by atoms with Crippen LogP contribution in [0.2, 0.25) is 0 Å². The Kier molecular flexibility index (Phi) is 4.11. The summed E-state index contributed by atoms with van der Waals surface area (Å²) in [5.41, 5.74) is 0. The van der Waals surface area contributed by atoms with Crippen molar-refractivity contribution in [1.82, 2.24) is 0 Å². The van der Waals surface area contributed by atoms with E-state index >= 15 is 0 Å². The zero-order valence-electron chi connectivity index (χ0n) is 8.97. The van der Waals surface area contributed by atoms with Crippen LogP contribution in [-0.2, 0) is 0 Å². The van der Waals surface area contributed by atoms with Gasteiger partial charge in [0, 0.05) is 0 Å². The van der Waals surface area contributed by atoms with Gasteiger partial charge in [0.15, 0.2) is 0 Å². The lowest BCUT2D eigenvalue weighted by molar-refractivity contribution is 0.339. The largest absolute Gasteiger partial charge is 0.0625 e. The maximum absolute atomic E-state index is 2.43. The van der Waals surface area contributed by atoms with Crippen molar-refractivity contribution in [2.24, 2.45) is 17.8 Å². The van der Waals surface area contributed by atoms with Crippen LogP contribution in [0.25, 0.3) is 0 Å². The summed E-state index contributed by atoms with van der Waals surface area (Å²) in [4.78, 5) is 0.